The van der Waals surface area contributed by atoms with E-state index in [0.717, 1.165) is 51.7 Å². The number of amides is 2. The average molecular weight is 295 g/mol. The van der Waals surface area contributed by atoms with Gasteiger partial charge in [0.05, 0.1) is 12.0 Å². The molecular weight excluding hydrogens is 266 g/mol. The maximum absolute atomic E-state index is 12.8. The lowest BCUT2D eigenvalue weighted by Crippen LogP contribution is -2.54. The molecule has 1 N–H and O–H groups in total. The fourth-order valence-electron chi connectivity index (χ4n) is 3.63. The van der Waals surface area contributed by atoms with Gasteiger partial charge < -0.3 is 10.2 Å². The minimum atomic E-state index is -0.0316. The van der Waals surface area contributed by atoms with Crippen molar-refractivity contribution in [2.45, 2.75) is 51.5 Å². The maximum atomic E-state index is 12.8. The second kappa shape index (κ2) is 7.78. The number of nitrogens with one attached hydrogen (secondary N) is 1. The second-order valence-corrected chi connectivity index (χ2v) is 6.29. The minimum Gasteiger partial charge on any atom is -0.359 e. The molecule has 2 amide bonds. The highest BCUT2D eigenvalue weighted by Crippen LogP contribution is 2.23. The Morgan fingerprint density at radius 1 is 1.14 bits per heavy atom. The van der Waals surface area contributed by atoms with E-state index in [1.54, 1.807) is 7.05 Å². The first kappa shape index (κ1) is 16.3. The molecule has 0 aromatic rings. The van der Waals surface area contributed by atoms with E-state index in [1.165, 1.54) is 6.42 Å². The lowest BCUT2D eigenvalue weighted by atomic mass is 9.94. The first-order valence-corrected chi connectivity index (χ1v) is 8.41. The molecule has 2 atom stereocenters. The molecule has 2 aliphatic rings. The van der Waals surface area contributed by atoms with Gasteiger partial charge in [0.25, 0.3) is 0 Å². The van der Waals surface area contributed by atoms with Gasteiger partial charge in [-0.25, -0.2) is 0 Å². The van der Waals surface area contributed by atoms with E-state index in [2.05, 4.69) is 17.1 Å². The third kappa shape index (κ3) is 3.96. The van der Waals surface area contributed by atoms with Gasteiger partial charge >= 0.3 is 0 Å². The zero-order valence-electron chi connectivity index (χ0n) is 13.4. The predicted molar refractivity (Wildman–Crippen MR) is 82.9 cm³/mol. The number of carbonyl (C=O) groups is 2. The summed E-state index contributed by atoms with van der Waals surface area (Å²) in [4.78, 5) is 28.9. The standard InChI is InChI=1S/C16H29N3O2/c1-3-9-18-10-5-4-8-14(18)16(21)19-11-6-7-13(12-19)15(20)17-2/h13-14H,3-12H2,1-2H3,(H,17,20). The maximum Gasteiger partial charge on any atom is 0.239 e. The monoisotopic (exact) mass is 295 g/mol. The lowest BCUT2D eigenvalue weighted by molar-refractivity contribution is -0.141. The first-order chi connectivity index (χ1) is 10.2. The molecule has 0 aromatic carbocycles. The number of hydrogen-bond acceptors (Lipinski definition) is 3. The Kier molecular flexibility index (Phi) is 6.03. The van der Waals surface area contributed by atoms with E-state index in [1.807, 2.05) is 4.90 Å². The second-order valence-electron chi connectivity index (χ2n) is 6.29. The van der Waals surface area contributed by atoms with E-state index in [9.17, 15) is 9.59 Å². The molecule has 0 aliphatic carbocycles. The quantitative estimate of drug-likeness (QED) is 0.849. The molecule has 2 rings (SSSR count). The minimum absolute atomic E-state index is 0.0316. The number of hydrogen-bond donors (Lipinski definition) is 1. The van der Waals surface area contributed by atoms with Crippen molar-refractivity contribution < 1.29 is 9.59 Å². The SMILES string of the molecule is CCCN1CCCCC1C(=O)N1CCCC(C(=O)NC)C1. The van der Waals surface area contributed by atoms with Crippen LogP contribution in [0.4, 0.5) is 0 Å². The molecule has 2 unspecified atom stereocenters. The van der Waals surface area contributed by atoms with E-state index < -0.39 is 0 Å². The van der Waals surface area contributed by atoms with Crippen LogP contribution in [-0.2, 0) is 9.59 Å². The van der Waals surface area contributed by atoms with Crippen LogP contribution in [-0.4, -0.2) is 60.9 Å². The summed E-state index contributed by atoms with van der Waals surface area (Å²) >= 11 is 0. The zero-order chi connectivity index (χ0) is 15.2. The zero-order valence-corrected chi connectivity index (χ0v) is 13.4. The normalized spacial score (nSPS) is 27.4. The van der Waals surface area contributed by atoms with Crippen LogP contribution in [0.5, 0.6) is 0 Å². The molecule has 0 bridgehead atoms. The molecule has 2 saturated heterocycles. The van der Waals surface area contributed by atoms with Gasteiger partial charge in [-0.1, -0.05) is 13.3 Å². The summed E-state index contributed by atoms with van der Waals surface area (Å²) in [5, 5.41) is 2.72. The number of likely N-dealkylation sites (tertiary alicyclic amines) is 2. The van der Waals surface area contributed by atoms with Crippen LogP contribution in [0.1, 0.15) is 45.4 Å². The number of piperidine rings is 2. The van der Waals surface area contributed by atoms with Gasteiger partial charge in [-0.05, 0) is 45.2 Å². The molecule has 0 radical (unpaired) electrons. The number of nitrogens with zero attached hydrogens (tertiary/aromatic N) is 2. The Morgan fingerprint density at radius 3 is 2.67 bits per heavy atom. The van der Waals surface area contributed by atoms with E-state index in [4.69, 9.17) is 0 Å². The van der Waals surface area contributed by atoms with Crippen LogP contribution < -0.4 is 5.32 Å². The highest BCUT2D eigenvalue weighted by atomic mass is 16.2. The summed E-state index contributed by atoms with van der Waals surface area (Å²) in [6.07, 6.45) is 6.23. The molecule has 0 spiro atoms. The molecule has 2 fully saturated rings. The Balaban J connectivity index is 1.98. The molecule has 0 saturated carbocycles. The van der Waals surface area contributed by atoms with Crippen LogP contribution in [0.3, 0.4) is 0 Å². The predicted octanol–water partition coefficient (Wildman–Crippen LogP) is 1.24. The van der Waals surface area contributed by atoms with Crippen molar-refractivity contribution in [1.29, 1.82) is 0 Å². The highest BCUT2D eigenvalue weighted by molar-refractivity contribution is 5.84. The average Bonchev–Trinajstić information content (AvgIpc) is 2.54. The third-order valence-corrected chi connectivity index (χ3v) is 4.76. The summed E-state index contributed by atoms with van der Waals surface area (Å²) in [6.45, 7) is 5.61. The van der Waals surface area contributed by atoms with Crippen LogP contribution in [0.2, 0.25) is 0 Å². The van der Waals surface area contributed by atoms with Crippen molar-refractivity contribution in [1.82, 2.24) is 15.1 Å². The van der Waals surface area contributed by atoms with Gasteiger partial charge in [0.15, 0.2) is 0 Å². The first-order valence-electron chi connectivity index (χ1n) is 8.41. The molecule has 5 nitrogen and oxygen atoms in total. The van der Waals surface area contributed by atoms with Gasteiger partial charge in [-0.2, -0.15) is 0 Å². The van der Waals surface area contributed by atoms with Crippen molar-refractivity contribution in [3.63, 3.8) is 0 Å². The van der Waals surface area contributed by atoms with E-state index in [-0.39, 0.29) is 23.8 Å². The Hall–Kier alpha value is -1.10. The molecule has 2 heterocycles. The Labute approximate surface area is 128 Å². The van der Waals surface area contributed by atoms with Crippen LogP contribution >= 0.6 is 0 Å². The van der Waals surface area contributed by atoms with Crippen molar-refractivity contribution in [3.05, 3.63) is 0 Å². The van der Waals surface area contributed by atoms with Gasteiger partial charge in [-0.15, -0.1) is 0 Å². The van der Waals surface area contributed by atoms with Crippen molar-refractivity contribution in [3.8, 4) is 0 Å². The number of rotatable bonds is 4. The molecular formula is C16H29N3O2. The van der Waals surface area contributed by atoms with Crippen molar-refractivity contribution in [2.24, 2.45) is 5.92 Å². The van der Waals surface area contributed by atoms with Crippen LogP contribution in [0, 0.1) is 5.92 Å². The summed E-state index contributed by atoms with van der Waals surface area (Å²) in [6, 6.07) is 0.0436. The van der Waals surface area contributed by atoms with Crippen LogP contribution in [0.15, 0.2) is 0 Å². The van der Waals surface area contributed by atoms with Crippen molar-refractivity contribution >= 4 is 11.8 Å². The summed E-state index contributed by atoms with van der Waals surface area (Å²) in [5.74, 6) is 0.286. The Morgan fingerprint density at radius 2 is 1.95 bits per heavy atom. The highest BCUT2D eigenvalue weighted by Gasteiger charge is 2.34. The number of carbonyl (C=O) groups excluding carboxylic acids is 2. The van der Waals surface area contributed by atoms with Gasteiger partial charge in [0, 0.05) is 20.1 Å². The fourth-order valence-corrected chi connectivity index (χ4v) is 3.63. The van der Waals surface area contributed by atoms with Gasteiger partial charge in [0.1, 0.15) is 0 Å². The largest absolute Gasteiger partial charge is 0.359 e. The van der Waals surface area contributed by atoms with Gasteiger partial charge in [0.2, 0.25) is 11.8 Å². The third-order valence-electron chi connectivity index (χ3n) is 4.76. The summed E-state index contributed by atoms with van der Waals surface area (Å²) < 4.78 is 0. The lowest BCUT2D eigenvalue weighted by Gasteiger charge is -2.40. The fraction of sp³-hybridized carbons (Fsp3) is 0.875. The summed E-state index contributed by atoms with van der Waals surface area (Å²) in [5.41, 5.74) is 0. The van der Waals surface area contributed by atoms with Gasteiger partial charge in [-0.3, -0.25) is 14.5 Å². The Bertz CT molecular complexity index is 371. The molecule has 0 aromatic heterocycles. The smallest absolute Gasteiger partial charge is 0.239 e. The van der Waals surface area contributed by atoms with Crippen molar-refractivity contribution in [2.75, 3.05) is 33.2 Å². The van der Waals surface area contributed by atoms with E-state index in [0.29, 0.717) is 6.54 Å². The molecule has 21 heavy (non-hydrogen) atoms. The molecule has 2 aliphatic heterocycles. The molecule has 5 heteroatoms. The topological polar surface area (TPSA) is 52.7 Å². The molecule has 120 valence electrons. The van der Waals surface area contributed by atoms with E-state index >= 15 is 0 Å². The summed E-state index contributed by atoms with van der Waals surface area (Å²) in [7, 11) is 1.67. The van der Waals surface area contributed by atoms with Crippen LogP contribution in [0.25, 0.3) is 0 Å².